The van der Waals surface area contributed by atoms with E-state index in [1.165, 1.54) is 6.39 Å². The second kappa shape index (κ2) is 3.95. The maximum absolute atomic E-state index is 12.3. The highest BCUT2D eigenvalue weighted by molar-refractivity contribution is 9.10. The maximum atomic E-state index is 12.3. The van der Waals surface area contributed by atoms with Crippen LogP contribution < -0.4 is 5.56 Å². The van der Waals surface area contributed by atoms with Gasteiger partial charge in [0.15, 0.2) is 17.5 Å². The van der Waals surface area contributed by atoms with Gasteiger partial charge in [0.2, 0.25) is 0 Å². The van der Waals surface area contributed by atoms with Gasteiger partial charge in [0.25, 0.3) is 5.56 Å². The molecule has 0 spiro atoms. The third-order valence-corrected chi connectivity index (χ3v) is 4.07. The Morgan fingerprint density at radius 2 is 2.22 bits per heavy atom. The normalized spacial score (nSPS) is 11.5. The largest absolute Gasteiger partial charge is 0.443 e. The third kappa shape index (κ3) is 1.37. The lowest BCUT2D eigenvalue weighted by Gasteiger charge is -2.11. The molecular weight excluding hydrogens is 296 g/mol. The van der Waals surface area contributed by atoms with Crippen molar-refractivity contribution < 1.29 is 4.42 Å². The van der Waals surface area contributed by atoms with Gasteiger partial charge in [0.1, 0.15) is 0 Å². The minimum absolute atomic E-state index is 0.102. The Morgan fingerprint density at radius 3 is 2.94 bits per heavy atom. The first kappa shape index (κ1) is 11.5. The highest BCUT2D eigenvalue weighted by Gasteiger charge is 2.15. The second-order valence-corrected chi connectivity index (χ2v) is 5.00. The molecule has 0 saturated carbocycles. The van der Waals surface area contributed by atoms with Gasteiger partial charge >= 0.3 is 0 Å². The zero-order chi connectivity index (χ0) is 12.9. The minimum Gasteiger partial charge on any atom is -0.443 e. The zero-order valence-electron chi connectivity index (χ0n) is 10.0. The summed E-state index contributed by atoms with van der Waals surface area (Å²) in [5, 5.41) is 0.921. The molecule has 4 nitrogen and oxygen atoms in total. The fourth-order valence-electron chi connectivity index (χ4n) is 2.33. The predicted molar refractivity (Wildman–Crippen MR) is 73.9 cm³/mol. The van der Waals surface area contributed by atoms with E-state index in [9.17, 15) is 4.79 Å². The van der Waals surface area contributed by atoms with Gasteiger partial charge in [-0.3, -0.25) is 4.79 Å². The number of benzene rings is 1. The fourth-order valence-corrected chi connectivity index (χ4v) is 2.65. The Hall–Kier alpha value is -1.62. The molecule has 92 valence electrons. The minimum atomic E-state index is -0.102. The van der Waals surface area contributed by atoms with Crippen LogP contribution in [0, 0.1) is 6.92 Å². The van der Waals surface area contributed by atoms with Crippen LogP contribution in [-0.2, 0) is 6.54 Å². The number of hydrogen-bond acceptors (Lipinski definition) is 3. The summed E-state index contributed by atoms with van der Waals surface area (Å²) in [6, 6.07) is 3.91. The van der Waals surface area contributed by atoms with Crippen LogP contribution in [0.1, 0.15) is 12.5 Å². The first-order valence-electron chi connectivity index (χ1n) is 5.70. The first-order chi connectivity index (χ1) is 8.65. The monoisotopic (exact) mass is 306 g/mol. The van der Waals surface area contributed by atoms with Gasteiger partial charge in [-0.1, -0.05) is 15.9 Å². The molecule has 18 heavy (non-hydrogen) atoms. The molecule has 0 aliphatic heterocycles. The second-order valence-electron chi connectivity index (χ2n) is 4.15. The van der Waals surface area contributed by atoms with E-state index < -0.39 is 0 Å². The number of oxazole rings is 1. The summed E-state index contributed by atoms with van der Waals surface area (Å²) < 4.78 is 8.08. The fraction of sp³-hybridized carbons (Fsp3) is 0.231. The Labute approximate surface area is 111 Å². The van der Waals surface area contributed by atoms with Crippen molar-refractivity contribution in [1.82, 2.24) is 9.55 Å². The molecule has 0 atom stereocenters. The molecule has 1 aromatic carbocycles. The highest BCUT2D eigenvalue weighted by Crippen LogP contribution is 2.29. The van der Waals surface area contributed by atoms with Gasteiger partial charge < -0.3 is 8.98 Å². The summed E-state index contributed by atoms with van der Waals surface area (Å²) in [7, 11) is 0. The summed E-state index contributed by atoms with van der Waals surface area (Å²) in [6.45, 7) is 4.54. The first-order valence-corrected chi connectivity index (χ1v) is 6.49. The molecule has 0 amide bonds. The summed E-state index contributed by atoms with van der Waals surface area (Å²) in [6.07, 6.45) is 1.32. The zero-order valence-corrected chi connectivity index (χ0v) is 11.6. The van der Waals surface area contributed by atoms with Crippen LogP contribution in [-0.4, -0.2) is 9.55 Å². The molecule has 3 rings (SSSR count). The summed E-state index contributed by atoms with van der Waals surface area (Å²) in [4.78, 5) is 16.3. The number of rotatable bonds is 1. The molecule has 2 heterocycles. The summed E-state index contributed by atoms with van der Waals surface area (Å²) in [5.41, 5.74) is 2.79. The van der Waals surface area contributed by atoms with Crippen molar-refractivity contribution in [1.29, 1.82) is 0 Å². The molecule has 0 unspecified atom stereocenters. The standard InChI is InChI=1S/C13H11BrN2O2/c1-3-16-11-7(2)9(14)5-4-8(11)12-10(13(16)17)15-6-18-12/h4-6H,3H2,1-2H3. The smallest absolute Gasteiger partial charge is 0.280 e. The Bertz CT molecular complexity index is 817. The Kier molecular flexibility index (Phi) is 2.52. The van der Waals surface area contributed by atoms with Crippen LogP contribution >= 0.6 is 15.9 Å². The van der Waals surface area contributed by atoms with E-state index in [4.69, 9.17) is 4.42 Å². The quantitative estimate of drug-likeness (QED) is 0.693. The molecule has 0 aliphatic rings. The van der Waals surface area contributed by atoms with Crippen LogP contribution in [0.4, 0.5) is 0 Å². The topological polar surface area (TPSA) is 48.0 Å². The van der Waals surface area contributed by atoms with E-state index in [0.29, 0.717) is 17.6 Å². The van der Waals surface area contributed by atoms with Crippen LogP contribution in [0.25, 0.3) is 22.0 Å². The van der Waals surface area contributed by atoms with Gasteiger partial charge in [-0.2, -0.15) is 0 Å². The molecule has 3 aromatic rings. The van der Waals surface area contributed by atoms with Crippen molar-refractivity contribution in [2.75, 3.05) is 0 Å². The molecule has 0 fully saturated rings. The van der Waals surface area contributed by atoms with E-state index in [-0.39, 0.29) is 5.56 Å². The number of aromatic nitrogens is 2. The van der Waals surface area contributed by atoms with Crippen molar-refractivity contribution in [3.63, 3.8) is 0 Å². The van der Waals surface area contributed by atoms with Crippen LogP contribution in [0.2, 0.25) is 0 Å². The van der Waals surface area contributed by atoms with Crippen molar-refractivity contribution in [2.24, 2.45) is 0 Å². The van der Waals surface area contributed by atoms with Gasteiger partial charge in [-0.25, -0.2) is 4.98 Å². The predicted octanol–water partition coefficient (Wildman–Crippen LogP) is 3.23. The number of aryl methyl sites for hydroxylation is 2. The summed E-state index contributed by atoms with van der Waals surface area (Å²) in [5.74, 6) is 0. The highest BCUT2D eigenvalue weighted by atomic mass is 79.9. The SMILES string of the molecule is CCn1c(=O)c2ncoc2c2ccc(Br)c(C)c21. The lowest BCUT2D eigenvalue weighted by molar-refractivity contribution is 0.604. The number of hydrogen-bond donors (Lipinski definition) is 0. The van der Waals surface area contributed by atoms with E-state index >= 15 is 0 Å². The molecule has 2 aromatic heterocycles. The van der Waals surface area contributed by atoms with Crippen molar-refractivity contribution in [3.8, 4) is 0 Å². The van der Waals surface area contributed by atoms with Crippen LogP contribution in [0.3, 0.4) is 0 Å². The van der Waals surface area contributed by atoms with E-state index in [1.807, 2.05) is 26.0 Å². The van der Waals surface area contributed by atoms with E-state index in [1.54, 1.807) is 4.57 Å². The van der Waals surface area contributed by atoms with Gasteiger partial charge in [-0.15, -0.1) is 0 Å². The molecule has 0 aliphatic carbocycles. The molecule has 0 bridgehead atoms. The number of pyridine rings is 1. The van der Waals surface area contributed by atoms with E-state index in [0.717, 1.165) is 20.9 Å². The van der Waals surface area contributed by atoms with Gasteiger partial charge in [0.05, 0.1) is 5.52 Å². The Morgan fingerprint density at radius 1 is 1.44 bits per heavy atom. The van der Waals surface area contributed by atoms with Crippen molar-refractivity contribution in [3.05, 3.63) is 38.9 Å². The molecule has 0 radical (unpaired) electrons. The van der Waals surface area contributed by atoms with Crippen molar-refractivity contribution >= 4 is 37.9 Å². The van der Waals surface area contributed by atoms with E-state index in [2.05, 4.69) is 20.9 Å². The summed E-state index contributed by atoms with van der Waals surface area (Å²) >= 11 is 3.50. The van der Waals surface area contributed by atoms with Crippen molar-refractivity contribution in [2.45, 2.75) is 20.4 Å². The molecule has 5 heteroatoms. The number of fused-ring (bicyclic) bond motifs is 3. The van der Waals surface area contributed by atoms with Crippen LogP contribution in [0.5, 0.6) is 0 Å². The third-order valence-electron chi connectivity index (χ3n) is 3.21. The molecular formula is C13H11BrN2O2. The number of nitrogens with zero attached hydrogens (tertiary/aromatic N) is 2. The average Bonchev–Trinajstić information content (AvgIpc) is 2.84. The maximum Gasteiger partial charge on any atom is 0.280 e. The Balaban J connectivity index is 2.71. The lowest BCUT2D eigenvalue weighted by Crippen LogP contribution is -2.20. The molecule has 0 N–H and O–H groups in total. The lowest BCUT2D eigenvalue weighted by atomic mass is 10.1. The average molecular weight is 307 g/mol. The van der Waals surface area contributed by atoms with Gasteiger partial charge in [-0.05, 0) is 31.5 Å². The van der Waals surface area contributed by atoms with Gasteiger partial charge in [0, 0.05) is 16.4 Å². The number of halogens is 1. The van der Waals surface area contributed by atoms with Crippen LogP contribution in [0.15, 0.2) is 32.2 Å². The molecule has 0 saturated heterocycles.